The van der Waals surface area contributed by atoms with Gasteiger partial charge in [-0.1, -0.05) is 62.4 Å². The minimum atomic E-state index is -0.367. The van der Waals surface area contributed by atoms with E-state index in [0.717, 1.165) is 16.5 Å². The maximum atomic E-state index is 12.2. The van der Waals surface area contributed by atoms with E-state index in [-0.39, 0.29) is 5.63 Å². The first-order valence-electron chi connectivity index (χ1n) is 7.41. The van der Waals surface area contributed by atoms with Crippen LogP contribution in [0.15, 0.2) is 63.8 Å². The van der Waals surface area contributed by atoms with Crippen LogP contribution >= 0.6 is 0 Å². The van der Waals surface area contributed by atoms with Crippen LogP contribution < -0.4 is 10.4 Å². The van der Waals surface area contributed by atoms with Crippen LogP contribution in [-0.4, -0.2) is 6.61 Å². The van der Waals surface area contributed by atoms with Gasteiger partial charge in [0.05, 0.1) is 17.6 Å². The Kier molecular flexibility index (Phi) is 3.96. The van der Waals surface area contributed by atoms with Gasteiger partial charge in [-0.3, -0.25) is 0 Å². The molecule has 0 aliphatic heterocycles. The van der Waals surface area contributed by atoms with E-state index < -0.39 is 0 Å². The highest BCUT2D eigenvalue weighted by Crippen LogP contribution is 2.35. The quantitative estimate of drug-likeness (QED) is 0.711. The van der Waals surface area contributed by atoms with Crippen molar-refractivity contribution in [2.24, 2.45) is 5.92 Å². The Balaban J connectivity index is 2.27. The summed E-state index contributed by atoms with van der Waals surface area (Å²) in [6.45, 7) is 4.61. The Labute approximate surface area is 129 Å². The molecule has 1 heterocycles. The lowest BCUT2D eigenvalue weighted by Gasteiger charge is -2.13. The first-order chi connectivity index (χ1) is 10.7. The van der Waals surface area contributed by atoms with Gasteiger partial charge in [-0.25, -0.2) is 4.79 Å². The number of hydrogen-bond donors (Lipinski definition) is 0. The molecule has 3 rings (SSSR count). The number of ether oxygens (including phenoxy) is 1. The minimum absolute atomic E-state index is 0.295. The molecule has 0 unspecified atom stereocenters. The molecule has 0 atom stereocenters. The molecule has 0 fully saturated rings. The average Bonchev–Trinajstić information content (AvgIpc) is 2.54. The number of benzene rings is 2. The van der Waals surface area contributed by atoms with Gasteiger partial charge in [0.1, 0.15) is 0 Å². The summed E-state index contributed by atoms with van der Waals surface area (Å²) in [4.78, 5) is 12.2. The number of rotatable bonds is 4. The van der Waals surface area contributed by atoms with E-state index in [1.807, 2.05) is 48.5 Å². The molecule has 22 heavy (non-hydrogen) atoms. The van der Waals surface area contributed by atoms with Gasteiger partial charge in [-0.15, -0.1) is 0 Å². The summed E-state index contributed by atoms with van der Waals surface area (Å²) in [6, 6.07) is 17.3. The maximum absolute atomic E-state index is 12.2. The summed E-state index contributed by atoms with van der Waals surface area (Å²) in [5, 5.41) is 1.42. The number of fused-ring (bicyclic) bond motifs is 1. The molecule has 0 amide bonds. The summed E-state index contributed by atoms with van der Waals surface area (Å²) >= 11 is 0. The van der Waals surface area contributed by atoms with E-state index >= 15 is 0 Å². The van der Waals surface area contributed by atoms with E-state index in [9.17, 15) is 4.79 Å². The SMILES string of the molecule is CC(C)COc1oc(=O)c2ccccc2c1-c1ccccc1. The highest BCUT2D eigenvalue weighted by Gasteiger charge is 2.16. The van der Waals surface area contributed by atoms with Gasteiger partial charge in [-0.2, -0.15) is 0 Å². The fourth-order valence-corrected chi connectivity index (χ4v) is 2.40. The summed E-state index contributed by atoms with van der Waals surface area (Å²) in [5.41, 5.74) is 1.44. The lowest BCUT2D eigenvalue weighted by molar-refractivity contribution is 0.206. The Morgan fingerprint density at radius 1 is 0.955 bits per heavy atom. The lowest BCUT2D eigenvalue weighted by atomic mass is 10.0. The average molecular weight is 294 g/mol. The van der Waals surface area contributed by atoms with Crippen molar-refractivity contribution in [2.75, 3.05) is 6.61 Å². The monoisotopic (exact) mass is 294 g/mol. The van der Waals surface area contributed by atoms with E-state index in [0.29, 0.717) is 23.9 Å². The zero-order chi connectivity index (χ0) is 15.5. The molecule has 3 aromatic rings. The molecule has 0 radical (unpaired) electrons. The molecule has 0 N–H and O–H groups in total. The third-order valence-electron chi connectivity index (χ3n) is 3.42. The molecule has 3 nitrogen and oxygen atoms in total. The van der Waals surface area contributed by atoms with E-state index in [1.165, 1.54) is 0 Å². The van der Waals surface area contributed by atoms with Gasteiger partial charge >= 0.3 is 5.63 Å². The van der Waals surface area contributed by atoms with Crippen molar-refractivity contribution in [2.45, 2.75) is 13.8 Å². The molecule has 1 aromatic heterocycles. The maximum Gasteiger partial charge on any atom is 0.346 e. The van der Waals surface area contributed by atoms with E-state index in [2.05, 4.69) is 13.8 Å². The minimum Gasteiger partial charge on any atom is -0.464 e. The smallest absolute Gasteiger partial charge is 0.346 e. The molecular weight excluding hydrogens is 276 g/mol. The first kappa shape index (κ1) is 14.4. The number of hydrogen-bond acceptors (Lipinski definition) is 3. The molecule has 112 valence electrons. The first-order valence-corrected chi connectivity index (χ1v) is 7.41. The predicted octanol–water partition coefficient (Wildman–Crippen LogP) is 4.49. The van der Waals surface area contributed by atoms with Crippen LogP contribution in [0.2, 0.25) is 0 Å². The van der Waals surface area contributed by atoms with Crippen LogP contribution in [0.4, 0.5) is 0 Å². The Morgan fingerprint density at radius 2 is 1.59 bits per heavy atom. The van der Waals surface area contributed by atoms with Crippen LogP contribution in [0.25, 0.3) is 21.9 Å². The standard InChI is InChI=1S/C19H18O3/c1-13(2)12-21-19-17(14-8-4-3-5-9-14)15-10-6-7-11-16(15)18(20)22-19/h3-11,13H,12H2,1-2H3. The second-order valence-electron chi connectivity index (χ2n) is 5.67. The molecular formula is C19H18O3. The summed E-state index contributed by atoms with van der Waals surface area (Å²) in [6.07, 6.45) is 0. The lowest BCUT2D eigenvalue weighted by Crippen LogP contribution is -2.09. The molecule has 0 bridgehead atoms. The fourth-order valence-electron chi connectivity index (χ4n) is 2.40. The molecule has 0 saturated carbocycles. The van der Waals surface area contributed by atoms with Crippen molar-refractivity contribution in [3.63, 3.8) is 0 Å². The third kappa shape index (κ3) is 2.75. The molecule has 2 aromatic carbocycles. The summed E-state index contributed by atoms with van der Waals surface area (Å²) < 4.78 is 11.2. The Bertz CT molecular complexity index is 832. The van der Waals surface area contributed by atoms with E-state index in [1.54, 1.807) is 6.07 Å². The Morgan fingerprint density at radius 3 is 2.27 bits per heavy atom. The molecule has 3 heteroatoms. The normalized spacial score (nSPS) is 11.0. The molecule has 0 spiro atoms. The molecule has 0 saturated heterocycles. The topological polar surface area (TPSA) is 39.4 Å². The van der Waals surface area contributed by atoms with Gasteiger partial charge < -0.3 is 9.15 Å². The second kappa shape index (κ2) is 6.06. The second-order valence-corrected chi connectivity index (χ2v) is 5.67. The van der Waals surface area contributed by atoms with E-state index in [4.69, 9.17) is 9.15 Å². The van der Waals surface area contributed by atoms with Crippen molar-refractivity contribution in [1.29, 1.82) is 0 Å². The highest BCUT2D eigenvalue weighted by molar-refractivity contribution is 5.97. The van der Waals surface area contributed by atoms with Gasteiger partial charge in [0, 0.05) is 5.39 Å². The zero-order valence-corrected chi connectivity index (χ0v) is 12.7. The summed E-state index contributed by atoms with van der Waals surface area (Å²) in [7, 11) is 0. The van der Waals surface area contributed by atoms with Crippen molar-refractivity contribution < 1.29 is 9.15 Å². The molecule has 0 aliphatic carbocycles. The summed E-state index contributed by atoms with van der Waals surface area (Å²) in [5.74, 6) is 0.643. The zero-order valence-electron chi connectivity index (χ0n) is 12.7. The van der Waals surface area contributed by atoms with Crippen molar-refractivity contribution in [3.05, 3.63) is 65.0 Å². The van der Waals surface area contributed by atoms with Crippen LogP contribution in [0.3, 0.4) is 0 Å². The van der Waals surface area contributed by atoms with Gasteiger partial charge in [0.15, 0.2) is 0 Å². The van der Waals surface area contributed by atoms with Gasteiger partial charge in [-0.05, 0) is 17.5 Å². The van der Waals surface area contributed by atoms with Crippen molar-refractivity contribution in [1.82, 2.24) is 0 Å². The van der Waals surface area contributed by atoms with Crippen molar-refractivity contribution in [3.8, 4) is 17.1 Å². The Hall–Kier alpha value is -2.55. The highest BCUT2D eigenvalue weighted by atomic mass is 16.6. The van der Waals surface area contributed by atoms with Crippen LogP contribution in [0, 0.1) is 5.92 Å². The van der Waals surface area contributed by atoms with Crippen LogP contribution in [0.5, 0.6) is 5.95 Å². The largest absolute Gasteiger partial charge is 0.464 e. The van der Waals surface area contributed by atoms with Crippen molar-refractivity contribution >= 4 is 10.8 Å². The van der Waals surface area contributed by atoms with Crippen LogP contribution in [-0.2, 0) is 0 Å². The predicted molar refractivity (Wildman–Crippen MR) is 88.3 cm³/mol. The molecule has 0 aliphatic rings. The van der Waals surface area contributed by atoms with Gasteiger partial charge in [0.25, 0.3) is 5.95 Å². The third-order valence-corrected chi connectivity index (χ3v) is 3.42. The van der Waals surface area contributed by atoms with Crippen LogP contribution in [0.1, 0.15) is 13.8 Å². The fraction of sp³-hybridized carbons (Fsp3) is 0.211. The van der Waals surface area contributed by atoms with Gasteiger partial charge in [0.2, 0.25) is 0 Å².